The molecule has 0 aromatic heterocycles. The molecule has 0 bridgehead atoms. The minimum absolute atomic E-state index is 0.0330. The molecule has 1 amide bonds. The van der Waals surface area contributed by atoms with Crippen molar-refractivity contribution in [3.05, 3.63) is 35.9 Å². The molecule has 0 fully saturated rings. The minimum atomic E-state index is -0.275. The number of esters is 1. The first-order chi connectivity index (χ1) is 12.9. The highest BCUT2D eigenvalue weighted by molar-refractivity contribution is 5.84. The molecule has 0 heterocycles. The van der Waals surface area contributed by atoms with E-state index in [2.05, 4.69) is 5.32 Å². The molecule has 0 aliphatic heterocycles. The van der Waals surface area contributed by atoms with Crippen LogP contribution in [0.2, 0.25) is 0 Å². The molecule has 0 saturated carbocycles. The second kappa shape index (κ2) is 13.0. The van der Waals surface area contributed by atoms with Crippen LogP contribution >= 0.6 is 0 Å². The third kappa shape index (κ3) is 10.5. The van der Waals surface area contributed by atoms with Crippen LogP contribution in [0.1, 0.15) is 51.0 Å². The van der Waals surface area contributed by atoms with Crippen LogP contribution in [0, 0.1) is 0 Å². The van der Waals surface area contributed by atoms with E-state index in [9.17, 15) is 14.4 Å². The maximum absolute atomic E-state index is 12.5. The van der Waals surface area contributed by atoms with Gasteiger partial charge in [0, 0.05) is 26.3 Å². The number of rotatable bonds is 13. The Morgan fingerprint density at radius 1 is 1.04 bits per heavy atom. The number of benzene rings is 1. The van der Waals surface area contributed by atoms with Crippen LogP contribution < -0.4 is 5.32 Å². The minimum Gasteiger partial charge on any atom is -0.461 e. The van der Waals surface area contributed by atoms with Crippen molar-refractivity contribution in [2.24, 2.45) is 0 Å². The summed E-state index contributed by atoms with van der Waals surface area (Å²) in [5.74, 6) is -0.159. The smallest absolute Gasteiger partial charge is 0.306 e. The molecule has 1 aromatic rings. The summed E-state index contributed by atoms with van der Waals surface area (Å²) in [6.07, 6.45) is 3.60. The number of ether oxygens (including phenoxy) is 1. The largest absolute Gasteiger partial charge is 0.461 e. The lowest BCUT2D eigenvalue weighted by Gasteiger charge is -2.23. The van der Waals surface area contributed by atoms with Gasteiger partial charge >= 0.3 is 5.97 Å². The quantitative estimate of drug-likeness (QED) is 0.423. The Kier molecular flexibility index (Phi) is 11.0. The molecule has 0 aliphatic rings. The molecule has 1 atom stereocenters. The van der Waals surface area contributed by atoms with Crippen LogP contribution in [-0.4, -0.2) is 49.2 Å². The van der Waals surface area contributed by atoms with E-state index in [4.69, 9.17) is 4.74 Å². The van der Waals surface area contributed by atoms with Gasteiger partial charge in [0.2, 0.25) is 5.91 Å². The summed E-state index contributed by atoms with van der Waals surface area (Å²) < 4.78 is 5.23. The van der Waals surface area contributed by atoms with Crippen LogP contribution in [0.5, 0.6) is 0 Å². The molecule has 6 heteroatoms. The molecule has 1 unspecified atom stereocenters. The van der Waals surface area contributed by atoms with Crippen LogP contribution in [0.4, 0.5) is 0 Å². The number of amides is 1. The van der Waals surface area contributed by atoms with Gasteiger partial charge in [-0.05, 0) is 45.3 Å². The molecule has 27 heavy (non-hydrogen) atoms. The van der Waals surface area contributed by atoms with Gasteiger partial charge in [-0.1, -0.05) is 30.3 Å². The van der Waals surface area contributed by atoms with E-state index >= 15 is 0 Å². The molecule has 150 valence electrons. The number of hydrogen-bond donors (Lipinski definition) is 1. The summed E-state index contributed by atoms with van der Waals surface area (Å²) in [5.41, 5.74) is 0.953. The number of carbonyl (C=O) groups is 3. The topological polar surface area (TPSA) is 75.7 Å². The van der Waals surface area contributed by atoms with Gasteiger partial charge in [0.25, 0.3) is 0 Å². The molecular weight excluding hydrogens is 344 g/mol. The summed E-state index contributed by atoms with van der Waals surface area (Å²) >= 11 is 0. The predicted molar refractivity (Wildman–Crippen MR) is 105 cm³/mol. The van der Waals surface area contributed by atoms with E-state index in [1.807, 2.05) is 49.3 Å². The van der Waals surface area contributed by atoms with Crippen LogP contribution in [-0.2, 0) is 25.7 Å². The standard InChI is InChI=1S/C21H32N2O4/c1-17(24)22-15-8-7-12-19(23(2)3)20(25)13-9-14-21(26)27-16-18-10-5-4-6-11-18/h4-6,10-11,19H,7-9,12-16H2,1-3H3,(H,22,24). The first-order valence-electron chi connectivity index (χ1n) is 9.53. The van der Waals surface area contributed by atoms with Gasteiger partial charge in [-0.25, -0.2) is 0 Å². The molecule has 6 nitrogen and oxygen atoms in total. The molecule has 0 saturated heterocycles. The number of nitrogens with zero attached hydrogens (tertiary/aromatic N) is 1. The van der Waals surface area contributed by atoms with Crippen molar-refractivity contribution < 1.29 is 19.1 Å². The zero-order valence-corrected chi connectivity index (χ0v) is 16.7. The van der Waals surface area contributed by atoms with Crippen LogP contribution in [0.25, 0.3) is 0 Å². The molecule has 1 aromatic carbocycles. The van der Waals surface area contributed by atoms with Crippen molar-refractivity contribution in [3.63, 3.8) is 0 Å². The monoisotopic (exact) mass is 376 g/mol. The Bertz CT molecular complexity index is 587. The third-order valence-corrected chi connectivity index (χ3v) is 4.32. The summed E-state index contributed by atoms with van der Waals surface area (Å²) in [6, 6.07) is 9.38. The lowest BCUT2D eigenvalue weighted by atomic mass is 10.00. The van der Waals surface area contributed by atoms with Crippen molar-refractivity contribution in [1.29, 1.82) is 0 Å². The Morgan fingerprint density at radius 3 is 2.37 bits per heavy atom. The molecule has 0 radical (unpaired) electrons. The number of likely N-dealkylation sites (N-methyl/N-ethyl adjacent to an activating group) is 1. The molecule has 0 aliphatic carbocycles. The van der Waals surface area contributed by atoms with Crippen molar-refractivity contribution >= 4 is 17.7 Å². The average Bonchev–Trinajstić information content (AvgIpc) is 2.63. The van der Waals surface area contributed by atoms with Gasteiger partial charge in [0.05, 0.1) is 6.04 Å². The van der Waals surface area contributed by atoms with Gasteiger partial charge < -0.3 is 10.1 Å². The zero-order chi connectivity index (χ0) is 20.1. The maximum atomic E-state index is 12.5. The summed E-state index contributed by atoms with van der Waals surface area (Å²) in [7, 11) is 3.79. The Balaban J connectivity index is 2.24. The number of nitrogens with one attached hydrogen (secondary N) is 1. The highest BCUT2D eigenvalue weighted by atomic mass is 16.5. The second-order valence-electron chi connectivity index (χ2n) is 6.92. The van der Waals surface area contributed by atoms with Crippen LogP contribution in [0.3, 0.4) is 0 Å². The Labute approximate surface area is 162 Å². The van der Waals surface area contributed by atoms with Crippen molar-refractivity contribution in [2.75, 3.05) is 20.6 Å². The number of Topliss-reactive ketones (excluding diaryl/α,β-unsaturated/α-hetero) is 1. The van der Waals surface area contributed by atoms with E-state index in [0.717, 1.165) is 24.8 Å². The summed E-state index contributed by atoms with van der Waals surface area (Å²) in [4.78, 5) is 37.0. The first-order valence-corrected chi connectivity index (χ1v) is 9.53. The maximum Gasteiger partial charge on any atom is 0.306 e. The zero-order valence-electron chi connectivity index (χ0n) is 16.7. The molecule has 1 rings (SSSR count). The normalized spacial score (nSPS) is 11.9. The molecule has 1 N–H and O–H groups in total. The summed E-state index contributed by atoms with van der Waals surface area (Å²) in [6.45, 7) is 2.40. The number of ketones is 1. The van der Waals surface area contributed by atoms with E-state index in [0.29, 0.717) is 19.4 Å². The Morgan fingerprint density at radius 2 is 1.74 bits per heavy atom. The fourth-order valence-corrected chi connectivity index (χ4v) is 2.82. The van der Waals surface area contributed by atoms with E-state index < -0.39 is 0 Å². The van der Waals surface area contributed by atoms with Gasteiger partial charge in [-0.3, -0.25) is 19.3 Å². The van der Waals surface area contributed by atoms with Gasteiger partial charge in [-0.2, -0.15) is 0 Å². The van der Waals surface area contributed by atoms with Crippen molar-refractivity contribution in [1.82, 2.24) is 10.2 Å². The fraction of sp³-hybridized carbons (Fsp3) is 0.571. The highest BCUT2D eigenvalue weighted by Gasteiger charge is 2.20. The van der Waals surface area contributed by atoms with Gasteiger partial charge in [0.1, 0.15) is 12.4 Å². The molecular formula is C21H32N2O4. The van der Waals surface area contributed by atoms with Crippen molar-refractivity contribution in [2.45, 2.75) is 58.1 Å². The third-order valence-electron chi connectivity index (χ3n) is 4.32. The highest BCUT2D eigenvalue weighted by Crippen LogP contribution is 2.12. The van der Waals surface area contributed by atoms with E-state index in [1.165, 1.54) is 6.92 Å². The first kappa shape index (κ1) is 22.8. The van der Waals surface area contributed by atoms with Gasteiger partial charge in [-0.15, -0.1) is 0 Å². The van der Waals surface area contributed by atoms with Crippen molar-refractivity contribution in [3.8, 4) is 0 Å². The lowest BCUT2D eigenvalue weighted by Crippen LogP contribution is -2.36. The summed E-state index contributed by atoms with van der Waals surface area (Å²) in [5, 5.41) is 2.76. The predicted octanol–water partition coefficient (Wildman–Crippen LogP) is 2.71. The van der Waals surface area contributed by atoms with E-state index in [1.54, 1.807) is 0 Å². The molecule has 0 spiro atoms. The fourth-order valence-electron chi connectivity index (χ4n) is 2.82. The Hall–Kier alpha value is -2.21. The number of unbranched alkanes of at least 4 members (excludes halogenated alkanes) is 1. The number of carbonyl (C=O) groups excluding carboxylic acids is 3. The van der Waals surface area contributed by atoms with E-state index in [-0.39, 0.29) is 36.7 Å². The SMILES string of the molecule is CC(=O)NCCCCC(C(=O)CCCC(=O)OCc1ccccc1)N(C)C. The van der Waals surface area contributed by atoms with Crippen LogP contribution in [0.15, 0.2) is 30.3 Å². The lowest BCUT2D eigenvalue weighted by molar-refractivity contribution is -0.145. The number of hydrogen-bond acceptors (Lipinski definition) is 5. The van der Waals surface area contributed by atoms with Gasteiger partial charge in [0.15, 0.2) is 0 Å². The second-order valence-corrected chi connectivity index (χ2v) is 6.92. The average molecular weight is 376 g/mol.